The normalized spacial score (nSPS) is 19.2. The molecule has 1 aliphatic rings. The van der Waals surface area contributed by atoms with Gasteiger partial charge in [0.25, 0.3) is 0 Å². The summed E-state index contributed by atoms with van der Waals surface area (Å²) in [4.78, 5) is 13.5. The molecule has 1 amide bonds. The topological polar surface area (TPSA) is 64.8 Å². The molecular weight excluding hydrogens is 232 g/mol. The Balaban J connectivity index is 2.12. The van der Waals surface area contributed by atoms with E-state index in [4.69, 9.17) is 15.2 Å². The predicted octanol–water partition coefficient (Wildman–Crippen LogP) is 0.763. The molecule has 1 fully saturated rings. The lowest BCUT2D eigenvalue weighted by molar-refractivity contribution is -0.129. The third-order valence-electron chi connectivity index (χ3n) is 3.16. The van der Waals surface area contributed by atoms with Crippen molar-refractivity contribution in [2.45, 2.75) is 19.0 Å². The number of methoxy groups -OCH3 is 2. The highest BCUT2D eigenvalue weighted by Crippen LogP contribution is 2.28. The zero-order valence-electron chi connectivity index (χ0n) is 10.7. The van der Waals surface area contributed by atoms with Crippen LogP contribution in [0.3, 0.4) is 0 Å². The summed E-state index contributed by atoms with van der Waals surface area (Å²) in [6, 6.07) is 5.31. The van der Waals surface area contributed by atoms with Gasteiger partial charge in [0.15, 0.2) is 11.5 Å². The molecule has 18 heavy (non-hydrogen) atoms. The molecule has 0 saturated carbocycles. The number of nitrogens with zero attached hydrogens (tertiary/aromatic N) is 1. The van der Waals surface area contributed by atoms with Gasteiger partial charge in [-0.1, -0.05) is 6.07 Å². The SMILES string of the molecule is COc1ccc(CN2CCC(N)C2=O)cc1OC. The molecule has 1 unspecified atom stereocenters. The van der Waals surface area contributed by atoms with Crippen LogP contribution in [0.5, 0.6) is 11.5 Å². The van der Waals surface area contributed by atoms with Crippen molar-refractivity contribution in [3.63, 3.8) is 0 Å². The van der Waals surface area contributed by atoms with Crippen LogP contribution in [0, 0.1) is 0 Å². The molecule has 1 heterocycles. The number of nitrogens with two attached hydrogens (primary N) is 1. The molecule has 0 aliphatic carbocycles. The van der Waals surface area contributed by atoms with Crippen LogP contribution in [0.25, 0.3) is 0 Å². The first-order valence-corrected chi connectivity index (χ1v) is 5.91. The second-order valence-electron chi connectivity index (χ2n) is 4.34. The molecule has 0 bridgehead atoms. The zero-order chi connectivity index (χ0) is 13.1. The highest BCUT2D eigenvalue weighted by atomic mass is 16.5. The highest BCUT2D eigenvalue weighted by molar-refractivity contribution is 5.83. The first-order valence-electron chi connectivity index (χ1n) is 5.91. The number of carbonyl (C=O) groups is 1. The Hall–Kier alpha value is -1.75. The van der Waals surface area contributed by atoms with Gasteiger partial charge in [0, 0.05) is 13.1 Å². The second-order valence-corrected chi connectivity index (χ2v) is 4.34. The number of ether oxygens (including phenoxy) is 2. The molecule has 0 aromatic heterocycles. The second kappa shape index (κ2) is 5.27. The van der Waals surface area contributed by atoms with Crippen LogP contribution in [0.15, 0.2) is 18.2 Å². The standard InChI is InChI=1S/C13H18N2O3/c1-17-11-4-3-9(7-12(11)18-2)8-15-6-5-10(14)13(15)16/h3-4,7,10H,5-6,8,14H2,1-2H3. The van der Waals surface area contributed by atoms with Crippen LogP contribution in [0.2, 0.25) is 0 Å². The van der Waals surface area contributed by atoms with Gasteiger partial charge in [0.1, 0.15) is 0 Å². The Bertz CT molecular complexity index is 448. The van der Waals surface area contributed by atoms with Crippen LogP contribution in [-0.2, 0) is 11.3 Å². The Morgan fingerprint density at radius 1 is 1.33 bits per heavy atom. The number of rotatable bonds is 4. The molecule has 1 atom stereocenters. The summed E-state index contributed by atoms with van der Waals surface area (Å²) >= 11 is 0. The lowest BCUT2D eigenvalue weighted by Gasteiger charge is -2.17. The molecule has 5 nitrogen and oxygen atoms in total. The molecular formula is C13H18N2O3. The van der Waals surface area contributed by atoms with Crippen molar-refractivity contribution in [2.75, 3.05) is 20.8 Å². The van der Waals surface area contributed by atoms with Crippen molar-refractivity contribution in [3.05, 3.63) is 23.8 Å². The monoisotopic (exact) mass is 250 g/mol. The number of hydrogen-bond donors (Lipinski definition) is 1. The summed E-state index contributed by atoms with van der Waals surface area (Å²) < 4.78 is 10.4. The van der Waals surface area contributed by atoms with Gasteiger partial charge < -0.3 is 20.1 Å². The summed E-state index contributed by atoms with van der Waals surface area (Å²) in [7, 11) is 3.19. The molecule has 0 radical (unpaired) electrons. The van der Waals surface area contributed by atoms with Crippen LogP contribution >= 0.6 is 0 Å². The summed E-state index contributed by atoms with van der Waals surface area (Å²) in [5.74, 6) is 1.38. The lowest BCUT2D eigenvalue weighted by atomic mass is 10.2. The largest absolute Gasteiger partial charge is 0.493 e. The number of carbonyl (C=O) groups excluding carboxylic acids is 1. The maximum atomic E-state index is 11.7. The molecule has 1 aromatic carbocycles. The molecule has 5 heteroatoms. The first-order chi connectivity index (χ1) is 8.65. The van der Waals surface area contributed by atoms with Crippen molar-refractivity contribution in [1.29, 1.82) is 0 Å². The number of amides is 1. The Labute approximate surface area is 106 Å². The fraction of sp³-hybridized carbons (Fsp3) is 0.462. The smallest absolute Gasteiger partial charge is 0.239 e. The van der Waals surface area contributed by atoms with Gasteiger partial charge in [-0.15, -0.1) is 0 Å². The van der Waals surface area contributed by atoms with Crippen LogP contribution in [0.1, 0.15) is 12.0 Å². The first kappa shape index (κ1) is 12.7. The van der Waals surface area contributed by atoms with E-state index in [-0.39, 0.29) is 11.9 Å². The lowest BCUT2D eigenvalue weighted by Crippen LogP contribution is -2.33. The predicted molar refractivity (Wildman–Crippen MR) is 67.6 cm³/mol. The average Bonchev–Trinajstić information content (AvgIpc) is 2.70. The minimum absolute atomic E-state index is 0.0183. The van der Waals surface area contributed by atoms with E-state index in [1.165, 1.54) is 0 Å². The third-order valence-corrected chi connectivity index (χ3v) is 3.16. The summed E-state index contributed by atoms with van der Waals surface area (Å²) in [6.45, 7) is 1.28. The minimum Gasteiger partial charge on any atom is -0.493 e. The van der Waals surface area contributed by atoms with E-state index in [2.05, 4.69) is 0 Å². The molecule has 1 saturated heterocycles. The van der Waals surface area contributed by atoms with Gasteiger partial charge in [-0.3, -0.25) is 4.79 Å². The van der Waals surface area contributed by atoms with Crippen molar-refractivity contribution in [1.82, 2.24) is 4.90 Å². The number of likely N-dealkylation sites (tertiary alicyclic amines) is 1. The van der Waals surface area contributed by atoms with Crippen molar-refractivity contribution in [3.8, 4) is 11.5 Å². The fourth-order valence-electron chi connectivity index (χ4n) is 2.12. The van der Waals surface area contributed by atoms with Crippen molar-refractivity contribution in [2.24, 2.45) is 5.73 Å². The molecule has 0 spiro atoms. The van der Waals surface area contributed by atoms with Crippen LogP contribution in [-0.4, -0.2) is 37.6 Å². The molecule has 98 valence electrons. The van der Waals surface area contributed by atoms with Gasteiger partial charge in [0.2, 0.25) is 5.91 Å². The van der Waals surface area contributed by atoms with E-state index in [0.717, 1.165) is 12.0 Å². The number of benzene rings is 1. The molecule has 2 N–H and O–H groups in total. The van der Waals surface area contributed by atoms with Gasteiger partial charge in [-0.2, -0.15) is 0 Å². The summed E-state index contributed by atoms with van der Waals surface area (Å²) in [6.07, 6.45) is 0.728. The fourth-order valence-corrected chi connectivity index (χ4v) is 2.12. The van der Waals surface area contributed by atoms with Crippen molar-refractivity contribution >= 4 is 5.91 Å². The quantitative estimate of drug-likeness (QED) is 0.857. The van der Waals surface area contributed by atoms with E-state index >= 15 is 0 Å². The zero-order valence-corrected chi connectivity index (χ0v) is 10.7. The van der Waals surface area contributed by atoms with E-state index < -0.39 is 0 Å². The molecule has 2 rings (SSSR count). The van der Waals surface area contributed by atoms with Gasteiger partial charge in [0.05, 0.1) is 20.3 Å². The van der Waals surface area contributed by atoms with Gasteiger partial charge in [-0.25, -0.2) is 0 Å². The van der Waals surface area contributed by atoms with E-state index in [9.17, 15) is 4.79 Å². The Morgan fingerprint density at radius 3 is 2.61 bits per heavy atom. The van der Waals surface area contributed by atoms with Gasteiger partial charge >= 0.3 is 0 Å². The van der Waals surface area contributed by atoms with Crippen molar-refractivity contribution < 1.29 is 14.3 Å². The third kappa shape index (κ3) is 2.41. The molecule has 1 aromatic rings. The van der Waals surface area contributed by atoms with Crippen LogP contribution in [0.4, 0.5) is 0 Å². The maximum Gasteiger partial charge on any atom is 0.239 e. The van der Waals surface area contributed by atoms with E-state index in [0.29, 0.717) is 24.6 Å². The number of hydrogen-bond acceptors (Lipinski definition) is 4. The van der Waals surface area contributed by atoms with E-state index in [1.807, 2.05) is 18.2 Å². The van der Waals surface area contributed by atoms with Gasteiger partial charge in [-0.05, 0) is 24.1 Å². The Morgan fingerprint density at radius 2 is 2.06 bits per heavy atom. The minimum atomic E-state index is -0.342. The Kier molecular flexibility index (Phi) is 3.72. The van der Waals surface area contributed by atoms with E-state index in [1.54, 1.807) is 19.1 Å². The average molecular weight is 250 g/mol. The van der Waals surface area contributed by atoms with Crippen LogP contribution < -0.4 is 15.2 Å². The molecule has 1 aliphatic heterocycles. The highest BCUT2D eigenvalue weighted by Gasteiger charge is 2.28. The summed E-state index contributed by atoms with van der Waals surface area (Å²) in [5, 5.41) is 0. The maximum absolute atomic E-state index is 11.7. The summed E-state index contributed by atoms with van der Waals surface area (Å²) in [5.41, 5.74) is 6.70.